The smallest absolute Gasteiger partial charge is 0.375 e. The number of Topliss-reactive ketones (excluding diaryl/α,β-unsaturated/α-hetero) is 1. The number of carbonyl (C=O) groups is 2. The van der Waals surface area contributed by atoms with Crippen molar-refractivity contribution in [2.75, 3.05) is 18.6 Å². The Morgan fingerprint density at radius 1 is 1.10 bits per heavy atom. The molecule has 2 aromatic carbocycles. The highest BCUT2D eigenvalue weighted by Crippen LogP contribution is 2.26. The molecule has 166 valence electrons. The van der Waals surface area contributed by atoms with E-state index in [1.807, 2.05) is 0 Å². The van der Waals surface area contributed by atoms with Crippen LogP contribution in [0.3, 0.4) is 0 Å². The Hall–Kier alpha value is -2.57. The molecule has 1 N–H and O–H groups in total. The molecule has 0 aliphatic rings. The van der Waals surface area contributed by atoms with Crippen molar-refractivity contribution in [2.45, 2.75) is 33.6 Å². The largest absolute Gasteiger partial charge is 0.494 e. The lowest BCUT2D eigenvalue weighted by molar-refractivity contribution is -0.154. The standard InChI is InChI=1S/C23H26Cl2N2O4/c1-4-6-13-31-18-10-7-16(8-11-18)21(15(3)22(28)23(29)30-5-2)27-26-20-12-9-17(24)14-19(20)25/h7-12,14-15,26H,4-6,13H2,1-3H3/b27-21+. The van der Waals surface area contributed by atoms with Crippen LogP contribution in [0.5, 0.6) is 5.75 Å². The van der Waals surface area contributed by atoms with Gasteiger partial charge in [-0.1, -0.05) is 36.5 Å². The van der Waals surface area contributed by atoms with Crippen LogP contribution in [-0.2, 0) is 14.3 Å². The van der Waals surface area contributed by atoms with Crippen molar-refractivity contribution in [3.05, 3.63) is 58.1 Å². The predicted molar refractivity (Wildman–Crippen MR) is 124 cm³/mol. The summed E-state index contributed by atoms with van der Waals surface area (Å²) in [5.74, 6) is -1.71. The maximum Gasteiger partial charge on any atom is 0.375 e. The Bertz CT molecular complexity index is 930. The zero-order valence-electron chi connectivity index (χ0n) is 17.8. The van der Waals surface area contributed by atoms with Crippen LogP contribution < -0.4 is 10.2 Å². The maximum atomic E-state index is 12.6. The van der Waals surface area contributed by atoms with Gasteiger partial charge in [-0.25, -0.2) is 4.79 Å². The number of halogens is 2. The minimum atomic E-state index is -0.897. The molecule has 1 atom stereocenters. The molecule has 0 spiro atoms. The molecule has 0 bridgehead atoms. The van der Waals surface area contributed by atoms with E-state index in [1.165, 1.54) is 0 Å². The Kier molecular flexibility index (Phi) is 9.82. The molecule has 1 unspecified atom stereocenters. The number of anilines is 1. The van der Waals surface area contributed by atoms with E-state index in [2.05, 4.69) is 17.5 Å². The number of hydrogen-bond donors (Lipinski definition) is 1. The van der Waals surface area contributed by atoms with Crippen LogP contribution in [0.2, 0.25) is 10.0 Å². The normalized spacial score (nSPS) is 12.2. The molecule has 0 amide bonds. The molecule has 0 saturated heterocycles. The topological polar surface area (TPSA) is 77.0 Å². The quantitative estimate of drug-likeness (QED) is 0.150. The number of hydrogen-bond acceptors (Lipinski definition) is 6. The lowest BCUT2D eigenvalue weighted by Crippen LogP contribution is -2.30. The third-order valence-corrected chi connectivity index (χ3v) is 4.97. The van der Waals surface area contributed by atoms with Crippen molar-refractivity contribution in [3.8, 4) is 5.75 Å². The first-order chi connectivity index (χ1) is 14.9. The fourth-order valence-corrected chi connectivity index (χ4v) is 3.12. The molecule has 0 aliphatic carbocycles. The van der Waals surface area contributed by atoms with Gasteiger partial charge in [0.1, 0.15) is 5.75 Å². The van der Waals surface area contributed by atoms with E-state index in [0.29, 0.717) is 33.6 Å². The number of hydrazone groups is 1. The average Bonchev–Trinajstić information content (AvgIpc) is 2.75. The van der Waals surface area contributed by atoms with Gasteiger partial charge in [-0.15, -0.1) is 0 Å². The SMILES string of the molecule is CCCCOc1ccc(/C(=N/Nc2ccc(Cl)cc2Cl)C(C)C(=O)C(=O)OCC)cc1. The second-order valence-corrected chi connectivity index (χ2v) is 7.61. The highest BCUT2D eigenvalue weighted by molar-refractivity contribution is 6.40. The van der Waals surface area contributed by atoms with Crippen molar-refractivity contribution in [3.63, 3.8) is 0 Å². The van der Waals surface area contributed by atoms with Crippen LogP contribution in [0, 0.1) is 5.92 Å². The number of ether oxygens (including phenoxy) is 2. The second kappa shape index (κ2) is 12.3. The van der Waals surface area contributed by atoms with Crippen molar-refractivity contribution in [1.29, 1.82) is 0 Å². The zero-order valence-corrected chi connectivity index (χ0v) is 19.3. The number of ketones is 1. The molecule has 0 saturated carbocycles. The molecule has 31 heavy (non-hydrogen) atoms. The molecule has 0 fully saturated rings. The van der Waals surface area contributed by atoms with Gasteiger partial charge in [-0.05, 0) is 68.3 Å². The Morgan fingerprint density at radius 2 is 1.81 bits per heavy atom. The number of esters is 1. The summed E-state index contributed by atoms with van der Waals surface area (Å²) in [6.45, 7) is 6.09. The number of unbranched alkanes of at least 4 members (excludes halogenated alkanes) is 1. The van der Waals surface area contributed by atoms with Crippen LogP contribution in [0.25, 0.3) is 0 Å². The van der Waals surface area contributed by atoms with Crippen molar-refractivity contribution < 1.29 is 19.1 Å². The molecule has 2 aromatic rings. The number of carbonyl (C=O) groups excluding carboxylic acids is 2. The maximum absolute atomic E-state index is 12.6. The highest BCUT2D eigenvalue weighted by Gasteiger charge is 2.28. The fourth-order valence-electron chi connectivity index (χ4n) is 2.67. The molecule has 2 rings (SSSR count). The van der Waals surface area contributed by atoms with Crippen molar-refractivity contribution >= 4 is 46.4 Å². The monoisotopic (exact) mass is 464 g/mol. The van der Waals surface area contributed by atoms with E-state index in [0.717, 1.165) is 18.6 Å². The van der Waals surface area contributed by atoms with Crippen molar-refractivity contribution in [1.82, 2.24) is 0 Å². The Morgan fingerprint density at radius 3 is 2.42 bits per heavy atom. The van der Waals surface area contributed by atoms with Gasteiger partial charge in [-0.3, -0.25) is 10.2 Å². The van der Waals surface area contributed by atoms with Gasteiger partial charge in [-0.2, -0.15) is 5.10 Å². The van der Waals surface area contributed by atoms with E-state index < -0.39 is 17.7 Å². The predicted octanol–water partition coefficient (Wildman–Crippen LogP) is 5.76. The molecule has 6 nitrogen and oxygen atoms in total. The summed E-state index contributed by atoms with van der Waals surface area (Å²) < 4.78 is 10.5. The summed E-state index contributed by atoms with van der Waals surface area (Å²) >= 11 is 12.1. The van der Waals surface area contributed by atoms with E-state index >= 15 is 0 Å². The number of nitrogens with one attached hydrogen (secondary N) is 1. The van der Waals surface area contributed by atoms with E-state index in [4.69, 9.17) is 32.7 Å². The first-order valence-corrected chi connectivity index (χ1v) is 10.9. The lowest BCUT2D eigenvalue weighted by atomic mass is 9.94. The molecule has 0 aromatic heterocycles. The van der Waals surface area contributed by atoms with E-state index in [9.17, 15) is 9.59 Å². The van der Waals surface area contributed by atoms with E-state index in [-0.39, 0.29) is 6.61 Å². The molecule has 0 heterocycles. The molecular weight excluding hydrogens is 439 g/mol. The zero-order chi connectivity index (χ0) is 22.8. The average molecular weight is 465 g/mol. The van der Waals surface area contributed by atoms with Crippen LogP contribution in [0.15, 0.2) is 47.6 Å². The third-order valence-electron chi connectivity index (χ3n) is 4.42. The van der Waals surface area contributed by atoms with Crippen LogP contribution in [0.1, 0.15) is 39.2 Å². The van der Waals surface area contributed by atoms with Crippen molar-refractivity contribution in [2.24, 2.45) is 11.0 Å². The summed E-state index contributed by atoms with van der Waals surface area (Å²) in [5, 5.41) is 5.26. The van der Waals surface area contributed by atoms with Gasteiger partial charge in [0.25, 0.3) is 0 Å². The Labute approximate surface area is 192 Å². The molecule has 0 radical (unpaired) electrons. The van der Waals surface area contributed by atoms with Crippen LogP contribution >= 0.6 is 23.2 Å². The molecular formula is C23H26Cl2N2O4. The summed E-state index contributed by atoms with van der Waals surface area (Å²) in [5.41, 5.74) is 4.40. The summed E-state index contributed by atoms with van der Waals surface area (Å²) in [4.78, 5) is 24.5. The third kappa shape index (κ3) is 7.26. The first kappa shape index (κ1) is 24.7. The second-order valence-electron chi connectivity index (χ2n) is 6.77. The van der Waals surface area contributed by atoms with Gasteiger partial charge in [0, 0.05) is 5.02 Å². The minimum absolute atomic E-state index is 0.117. The number of rotatable bonds is 11. The summed E-state index contributed by atoms with van der Waals surface area (Å²) in [6, 6.07) is 12.1. The van der Waals surface area contributed by atoms with Gasteiger partial charge >= 0.3 is 5.97 Å². The van der Waals surface area contributed by atoms with Gasteiger partial charge in [0.2, 0.25) is 5.78 Å². The first-order valence-electron chi connectivity index (χ1n) is 10.1. The number of nitrogens with zero attached hydrogens (tertiary/aromatic N) is 1. The van der Waals surface area contributed by atoms with Crippen LogP contribution in [0.4, 0.5) is 5.69 Å². The van der Waals surface area contributed by atoms with Crippen LogP contribution in [-0.4, -0.2) is 30.7 Å². The minimum Gasteiger partial charge on any atom is -0.494 e. The van der Waals surface area contributed by atoms with Gasteiger partial charge in [0.05, 0.1) is 35.6 Å². The molecule has 8 heteroatoms. The molecule has 0 aliphatic heterocycles. The number of benzene rings is 2. The summed E-state index contributed by atoms with van der Waals surface area (Å²) in [7, 11) is 0. The Balaban J connectivity index is 2.32. The van der Waals surface area contributed by atoms with Gasteiger partial charge < -0.3 is 9.47 Å². The van der Waals surface area contributed by atoms with Gasteiger partial charge in [0.15, 0.2) is 0 Å². The lowest BCUT2D eigenvalue weighted by Gasteiger charge is -2.15. The highest BCUT2D eigenvalue weighted by atomic mass is 35.5. The summed E-state index contributed by atoms with van der Waals surface area (Å²) in [6.07, 6.45) is 2.01. The fraction of sp³-hybridized carbons (Fsp3) is 0.348. The van der Waals surface area contributed by atoms with E-state index in [1.54, 1.807) is 56.3 Å².